The maximum Gasteiger partial charge on any atom is 0.123 e. The fourth-order valence-electron chi connectivity index (χ4n) is 2.79. The molecule has 1 atom stereocenters. The number of piperazine rings is 1. The van der Waals surface area contributed by atoms with E-state index in [4.69, 9.17) is 0 Å². The molecule has 0 radical (unpaired) electrons. The van der Waals surface area contributed by atoms with E-state index in [2.05, 4.69) is 21.4 Å². The number of hydrogen-bond acceptors (Lipinski definition) is 2. The van der Waals surface area contributed by atoms with Gasteiger partial charge in [-0.2, -0.15) is 0 Å². The monoisotopic (exact) mass is 261 g/mol. The van der Waals surface area contributed by atoms with Gasteiger partial charge in [0.2, 0.25) is 0 Å². The SMILES string of the molecule is Fc1ccc2c(ccn2CCCC2CNCCN2)c1. The Bertz CT molecular complexity index is 543. The first-order valence-electron chi connectivity index (χ1n) is 7.01. The van der Waals surface area contributed by atoms with Crippen LogP contribution < -0.4 is 10.6 Å². The fourth-order valence-corrected chi connectivity index (χ4v) is 2.79. The average molecular weight is 261 g/mol. The highest BCUT2D eigenvalue weighted by molar-refractivity contribution is 5.80. The van der Waals surface area contributed by atoms with Crippen molar-refractivity contribution in [3.63, 3.8) is 0 Å². The molecule has 3 rings (SSSR count). The predicted octanol–water partition coefficient (Wildman–Crippen LogP) is 2.12. The van der Waals surface area contributed by atoms with Gasteiger partial charge in [0.05, 0.1) is 0 Å². The fraction of sp³-hybridized carbons (Fsp3) is 0.467. The van der Waals surface area contributed by atoms with Crippen molar-refractivity contribution in [2.45, 2.75) is 25.4 Å². The molecule has 0 spiro atoms. The van der Waals surface area contributed by atoms with Gasteiger partial charge in [-0.15, -0.1) is 0 Å². The summed E-state index contributed by atoms with van der Waals surface area (Å²) in [5, 5.41) is 7.91. The first-order valence-corrected chi connectivity index (χ1v) is 7.01. The lowest BCUT2D eigenvalue weighted by Gasteiger charge is -2.24. The summed E-state index contributed by atoms with van der Waals surface area (Å²) in [5.74, 6) is -0.164. The zero-order chi connectivity index (χ0) is 13.1. The van der Waals surface area contributed by atoms with Gasteiger partial charge in [-0.3, -0.25) is 0 Å². The Hall–Kier alpha value is -1.39. The van der Waals surface area contributed by atoms with Gasteiger partial charge in [0.25, 0.3) is 0 Å². The number of nitrogens with one attached hydrogen (secondary N) is 2. The third kappa shape index (κ3) is 2.96. The third-order valence-electron chi connectivity index (χ3n) is 3.81. The molecule has 2 N–H and O–H groups in total. The molecule has 0 bridgehead atoms. The van der Waals surface area contributed by atoms with Crippen molar-refractivity contribution in [2.24, 2.45) is 0 Å². The average Bonchev–Trinajstić information content (AvgIpc) is 2.82. The van der Waals surface area contributed by atoms with E-state index in [1.54, 1.807) is 6.07 Å². The number of benzene rings is 1. The molecule has 1 saturated heterocycles. The zero-order valence-electron chi connectivity index (χ0n) is 11.0. The zero-order valence-corrected chi connectivity index (χ0v) is 11.0. The highest BCUT2D eigenvalue weighted by Gasteiger charge is 2.11. The molecular weight excluding hydrogens is 241 g/mol. The molecule has 102 valence electrons. The van der Waals surface area contributed by atoms with Gasteiger partial charge < -0.3 is 15.2 Å². The summed E-state index contributed by atoms with van der Waals surface area (Å²) < 4.78 is 15.3. The summed E-state index contributed by atoms with van der Waals surface area (Å²) in [6.07, 6.45) is 4.37. The van der Waals surface area contributed by atoms with Gasteiger partial charge in [0.15, 0.2) is 0 Å². The van der Waals surface area contributed by atoms with Crippen LogP contribution in [0.25, 0.3) is 10.9 Å². The number of rotatable bonds is 4. The molecule has 2 heterocycles. The van der Waals surface area contributed by atoms with Crippen molar-refractivity contribution < 1.29 is 4.39 Å². The second-order valence-electron chi connectivity index (χ2n) is 5.21. The largest absolute Gasteiger partial charge is 0.347 e. The molecule has 1 unspecified atom stereocenters. The number of hydrogen-bond donors (Lipinski definition) is 2. The molecule has 0 saturated carbocycles. The van der Waals surface area contributed by atoms with Crippen LogP contribution in [0.15, 0.2) is 30.5 Å². The van der Waals surface area contributed by atoms with Gasteiger partial charge >= 0.3 is 0 Å². The van der Waals surface area contributed by atoms with E-state index in [0.29, 0.717) is 6.04 Å². The van der Waals surface area contributed by atoms with Crippen LogP contribution in [-0.4, -0.2) is 30.2 Å². The predicted molar refractivity (Wildman–Crippen MR) is 75.8 cm³/mol. The van der Waals surface area contributed by atoms with Crippen LogP contribution in [0.1, 0.15) is 12.8 Å². The molecule has 1 aromatic heterocycles. The van der Waals surface area contributed by atoms with E-state index >= 15 is 0 Å². The second-order valence-corrected chi connectivity index (χ2v) is 5.21. The Morgan fingerprint density at radius 1 is 1.26 bits per heavy atom. The Kier molecular flexibility index (Phi) is 3.80. The first kappa shape index (κ1) is 12.6. The molecule has 0 aliphatic carbocycles. The molecule has 0 amide bonds. The highest BCUT2D eigenvalue weighted by atomic mass is 19.1. The van der Waals surface area contributed by atoms with Gasteiger partial charge in [0.1, 0.15) is 5.82 Å². The van der Waals surface area contributed by atoms with Crippen molar-refractivity contribution in [2.75, 3.05) is 19.6 Å². The number of fused-ring (bicyclic) bond motifs is 1. The van der Waals surface area contributed by atoms with E-state index in [-0.39, 0.29) is 5.82 Å². The van der Waals surface area contributed by atoms with E-state index in [0.717, 1.165) is 43.5 Å². The number of aryl methyl sites for hydroxylation is 1. The summed E-state index contributed by atoms with van der Waals surface area (Å²) in [7, 11) is 0. The molecule has 3 nitrogen and oxygen atoms in total. The minimum Gasteiger partial charge on any atom is -0.347 e. The van der Waals surface area contributed by atoms with E-state index in [1.165, 1.54) is 12.5 Å². The molecule has 1 fully saturated rings. The maximum absolute atomic E-state index is 13.1. The van der Waals surface area contributed by atoms with E-state index in [9.17, 15) is 4.39 Å². The Balaban J connectivity index is 1.59. The topological polar surface area (TPSA) is 29.0 Å². The Morgan fingerprint density at radius 3 is 3.05 bits per heavy atom. The van der Waals surface area contributed by atoms with Crippen molar-refractivity contribution in [1.29, 1.82) is 0 Å². The first-order chi connectivity index (χ1) is 9.33. The van der Waals surface area contributed by atoms with Crippen LogP contribution in [0.2, 0.25) is 0 Å². The van der Waals surface area contributed by atoms with Crippen LogP contribution in [-0.2, 0) is 6.54 Å². The van der Waals surface area contributed by atoms with E-state index in [1.807, 2.05) is 12.1 Å². The highest BCUT2D eigenvalue weighted by Crippen LogP contribution is 2.17. The van der Waals surface area contributed by atoms with Crippen LogP contribution >= 0.6 is 0 Å². The summed E-state index contributed by atoms with van der Waals surface area (Å²) in [6, 6.07) is 7.57. The van der Waals surface area contributed by atoms with Crippen LogP contribution in [0, 0.1) is 5.82 Å². The normalized spacial score (nSPS) is 19.9. The lowest BCUT2D eigenvalue weighted by atomic mass is 10.1. The Morgan fingerprint density at radius 2 is 2.21 bits per heavy atom. The number of aromatic nitrogens is 1. The summed E-state index contributed by atoms with van der Waals surface area (Å²) in [4.78, 5) is 0. The van der Waals surface area contributed by atoms with Gasteiger partial charge in [0, 0.05) is 49.3 Å². The molecule has 1 aliphatic heterocycles. The standard InChI is InChI=1S/C15H20FN3/c16-13-3-4-15-12(10-13)5-9-19(15)8-1-2-14-11-17-6-7-18-14/h3-5,9-10,14,17-18H,1-2,6-8,11H2. The minimum absolute atomic E-state index is 0.164. The van der Waals surface area contributed by atoms with Gasteiger partial charge in [-0.05, 0) is 37.1 Å². The molecule has 2 aromatic rings. The Labute approximate surface area is 112 Å². The third-order valence-corrected chi connectivity index (χ3v) is 3.81. The molecule has 4 heteroatoms. The van der Waals surface area contributed by atoms with Gasteiger partial charge in [-0.25, -0.2) is 4.39 Å². The summed E-state index contributed by atoms with van der Waals surface area (Å²) in [5.41, 5.74) is 1.12. The van der Waals surface area contributed by atoms with Crippen molar-refractivity contribution in [3.8, 4) is 0 Å². The molecule has 1 aliphatic rings. The lowest BCUT2D eigenvalue weighted by molar-refractivity contribution is 0.385. The summed E-state index contributed by atoms with van der Waals surface area (Å²) in [6.45, 7) is 4.20. The number of halogens is 1. The maximum atomic E-state index is 13.1. The lowest BCUT2D eigenvalue weighted by Crippen LogP contribution is -2.48. The van der Waals surface area contributed by atoms with Crippen molar-refractivity contribution >= 4 is 10.9 Å². The summed E-state index contributed by atoms with van der Waals surface area (Å²) >= 11 is 0. The molecule has 1 aromatic carbocycles. The number of nitrogens with zero attached hydrogens (tertiary/aromatic N) is 1. The van der Waals surface area contributed by atoms with Crippen LogP contribution in [0.3, 0.4) is 0 Å². The smallest absolute Gasteiger partial charge is 0.123 e. The van der Waals surface area contributed by atoms with Crippen LogP contribution in [0.5, 0.6) is 0 Å². The molecule has 19 heavy (non-hydrogen) atoms. The second kappa shape index (κ2) is 5.72. The van der Waals surface area contributed by atoms with Crippen molar-refractivity contribution in [3.05, 3.63) is 36.3 Å². The minimum atomic E-state index is -0.164. The van der Waals surface area contributed by atoms with Crippen LogP contribution in [0.4, 0.5) is 4.39 Å². The van der Waals surface area contributed by atoms with E-state index < -0.39 is 0 Å². The molecular formula is C15H20FN3. The quantitative estimate of drug-likeness (QED) is 0.882. The van der Waals surface area contributed by atoms with Crippen molar-refractivity contribution in [1.82, 2.24) is 15.2 Å². The van der Waals surface area contributed by atoms with Gasteiger partial charge in [-0.1, -0.05) is 0 Å².